The highest BCUT2D eigenvalue weighted by molar-refractivity contribution is 6.46. The lowest BCUT2D eigenvalue weighted by Gasteiger charge is -2.26. The zero-order chi connectivity index (χ0) is 24.8. The van der Waals surface area contributed by atoms with Crippen molar-refractivity contribution in [2.24, 2.45) is 0 Å². The van der Waals surface area contributed by atoms with Gasteiger partial charge in [0.2, 0.25) is 0 Å². The Bertz CT molecular complexity index is 1080. The van der Waals surface area contributed by atoms with Crippen LogP contribution in [0, 0.1) is 0 Å². The lowest BCUT2D eigenvalue weighted by molar-refractivity contribution is -0.140. The number of benzene rings is 2. The van der Waals surface area contributed by atoms with E-state index >= 15 is 0 Å². The number of aliphatic hydroxyl groups is 1. The maximum atomic E-state index is 13.1. The van der Waals surface area contributed by atoms with E-state index in [0.717, 1.165) is 6.42 Å². The van der Waals surface area contributed by atoms with Crippen molar-refractivity contribution < 1.29 is 34.0 Å². The Morgan fingerprint density at radius 2 is 1.88 bits per heavy atom. The van der Waals surface area contributed by atoms with Gasteiger partial charge in [-0.3, -0.25) is 9.59 Å². The van der Waals surface area contributed by atoms with E-state index in [1.165, 1.54) is 18.1 Å². The molecule has 34 heavy (non-hydrogen) atoms. The third-order valence-electron chi connectivity index (χ3n) is 5.42. The van der Waals surface area contributed by atoms with Crippen LogP contribution in [0.25, 0.3) is 5.76 Å². The Labute approximate surface area is 199 Å². The molecule has 1 heterocycles. The fourth-order valence-corrected chi connectivity index (χ4v) is 3.83. The van der Waals surface area contributed by atoms with Crippen LogP contribution in [0.3, 0.4) is 0 Å². The number of nitrogens with zero attached hydrogens (tertiary/aromatic N) is 1. The first-order valence-corrected chi connectivity index (χ1v) is 11.3. The van der Waals surface area contributed by atoms with Crippen LogP contribution in [0.15, 0.2) is 48.0 Å². The van der Waals surface area contributed by atoms with E-state index in [1.54, 1.807) is 36.4 Å². The van der Waals surface area contributed by atoms with E-state index in [2.05, 4.69) is 0 Å². The molecule has 2 aromatic carbocycles. The molecule has 1 atom stereocenters. The third kappa shape index (κ3) is 5.34. The van der Waals surface area contributed by atoms with Crippen LogP contribution in [0.2, 0.25) is 0 Å². The topological polar surface area (TPSA) is 106 Å². The molecule has 1 aliphatic heterocycles. The summed E-state index contributed by atoms with van der Waals surface area (Å²) in [7, 11) is 1.43. The van der Waals surface area contributed by atoms with Gasteiger partial charge in [0.05, 0.1) is 38.0 Å². The first-order chi connectivity index (χ1) is 16.3. The average Bonchev–Trinajstić information content (AvgIpc) is 3.07. The van der Waals surface area contributed by atoms with Gasteiger partial charge in [0, 0.05) is 12.1 Å². The predicted octanol–water partition coefficient (Wildman–Crippen LogP) is 4.04. The number of likely N-dealkylation sites (tertiary alicyclic amines) is 1. The second-order valence-corrected chi connectivity index (χ2v) is 8.22. The van der Waals surface area contributed by atoms with Crippen LogP contribution in [0.1, 0.15) is 44.4 Å². The lowest BCUT2D eigenvalue weighted by Crippen LogP contribution is -2.33. The molecule has 3 rings (SSSR count). The summed E-state index contributed by atoms with van der Waals surface area (Å²) in [5.41, 5.74) is 0.751. The van der Waals surface area contributed by atoms with Gasteiger partial charge in [0.1, 0.15) is 11.5 Å². The molecule has 8 nitrogen and oxygen atoms in total. The summed E-state index contributed by atoms with van der Waals surface area (Å²) in [4.78, 5) is 27.5. The number of Topliss-reactive ketones (excluding diaryl/α,β-unsaturated/α-hetero) is 1. The van der Waals surface area contributed by atoms with Crippen LogP contribution < -0.4 is 9.47 Å². The van der Waals surface area contributed by atoms with Crippen molar-refractivity contribution in [3.8, 4) is 17.2 Å². The SMILES string of the molecule is CCCOc1cccc(/C(O)=C2/C(=O)C(=O)N(CCOC(C)C)C2c2ccc(OC)c(O)c2)c1. The number of rotatable bonds is 10. The summed E-state index contributed by atoms with van der Waals surface area (Å²) in [6.07, 6.45) is 0.770. The van der Waals surface area contributed by atoms with Crippen LogP contribution >= 0.6 is 0 Å². The Kier molecular flexibility index (Phi) is 8.17. The highest BCUT2D eigenvalue weighted by atomic mass is 16.5. The van der Waals surface area contributed by atoms with E-state index in [-0.39, 0.29) is 42.1 Å². The van der Waals surface area contributed by atoms with Crippen molar-refractivity contribution in [1.29, 1.82) is 0 Å². The molecule has 2 aromatic rings. The van der Waals surface area contributed by atoms with Crippen molar-refractivity contribution in [1.82, 2.24) is 4.90 Å². The molecular formula is C26H31NO7. The van der Waals surface area contributed by atoms with Crippen molar-refractivity contribution >= 4 is 17.4 Å². The monoisotopic (exact) mass is 469 g/mol. The number of phenols is 1. The van der Waals surface area contributed by atoms with E-state index in [9.17, 15) is 19.8 Å². The van der Waals surface area contributed by atoms with Crippen molar-refractivity contribution in [3.05, 3.63) is 59.2 Å². The summed E-state index contributed by atoms with van der Waals surface area (Å²) < 4.78 is 16.4. The van der Waals surface area contributed by atoms with Gasteiger partial charge in [-0.2, -0.15) is 0 Å². The molecule has 0 aliphatic carbocycles. The minimum absolute atomic E-state index is 0.0498. The maximum absolute atomic E-state index is 13.1. The van der Waals surface area contributed by atoms with Gasteiger partial charge in [-0.05, 0) is 50.1 Å². The first-order valence-electron chi connectivity index (χ1n) is 11.3. The molecule has 1 aliphatic rings. The highest BCUT2D eigenvalue weighted by Crippen LogP contribution is 2.41. The number of carbonyl (C=O) groups is 2. The van der Waals surface area contributed by atoms with E-state index in [0.29, 0.717) is 23.5 Å². The number of methoxy groups -OCH3 is 1. The normalized spacial score (nSPS) is 17.4. The minimum Gasteiger partial charge on any atom is -0.507 e. The predicted molar refractivity (Wildman–Crippen MR) is 127 cm³/mol. The van der Waals surface area contributed by atoms with Gasteiger partial charge in [-0.15, -0.1) is 0 Å². The molecule has 0 aromatic heterocycles. The van der Waals surface area contributed by atoms with Crippen LogP contribution in [0.4, 0.5) is 0 Å². The van der Waals surface area contributed by atoms with Crippen molar-refractivity contribution in [2.45, 2.75) is 39.3 Å². The number of hydrogen-bond donors (Lipinski definition) is 2. The Morgan fingerprint density at radius 3 is 2.53 bits per heavy atom. The molecule has 1 fully saturated rings. The van der Waals surface area contributed by atoms with Crippen LogP contribution in [-0.4, -0.2) is 59.8 Å². The standard InChI is InChI=1S/C26H31NO7/c1-5-12-34-19-8-6-7-18(14-19)24(29)22-23(17-9-10-21(32-4)20(28)15-17)27(26(31)25(22)30)11-13-33-16(2)3/h6-10,14-16,23,28-29H,5,11-13H2,1-4H3/b24-22-. The van der Waals surface area contributed by atoms with Gasteiger partial charge in [0.25, 0.3) is 11.7 Å². The Hall–Kier alpha value is -3.52. The fraction of sp³-hybridized carbons (Fsp3) is 0.385. The molecule has 0 radical (unpaired) electrons. The second kappa shape index (κ2) is 11.1. The molecule has 8 heteroatoms. The maximum Gasteiger partial charge on any atom is 0.295 e. The smallest absolute Gasteiger partial charge is 0.295 e. The zero-order valence-corrected chi connectivity index (χ0v) is 19.9. The molecule has 0 bridgehead atoms. The van der Waals surface area contributed by atoms with E-state index in [1.807, 2.05) is 20.8 Å². The lowest BCUT2D eigenvalue weighted by atomic mass is 9.95. The summed E-state index contributed by atoms with van der Waals surface area (Å²) in [6.45, 7) is 6.59. The molecule has 0 saturated carbocycles. The second-order valence-electron chi connectivity index (χ2n) is 8.22. The van der Waals surface area contributed by atoms with Crippen molar-refractivity contribution in [2.75, 3.05) is 26.9 Å². The number of hydrogen-bond acceptors (Lipinski definition) is 7. The molecule has 0 spiro atoms. The quantitative estimate of drug-likeness (QED) is 0.307. The highest BCUT2D eigenvalue weighted by Gasteiger charge is 2.46. The third-order valence-corrected chi connectivity index (χ3v) is 5.42. The van der Waals surface area contributed by atoms with Gasteiger partial charge >= 0.3 is 0 Å². The molecule has 2 N–H and O–H groups in total. The fourth-order valence-electron chi connectivity index (χ4n) is 3.83. The number of aromatic hydroxyl groups is 1. The van der Waals surface area contributed by atoms with Gasteiger partial charge in [-0.1, -0.05) is 25.1 Å². The first kappa shape index (κ1) is 25.1. The molecule has 1 saturated heterocycles. The molecular weight excluding hydrogens is 438 g/mol. The number of amides is 1. The summed E-state index contributed by atoms with van der Waals surface area (Å²) >= 11 is 0. The number of phenolic OH excluding ortho intramolecular Hbond substituents is 1. The van der Waals surface area contributed by atoms with Gasteiger partial charge < -0.3 is 29.3 Å². The van der Waals surface area contributed by atoms with Crippen LogP contribution in [-0.2, 0) is 14.3 Å². The largest absolute Gasteiger partial charge is 0.507 e. The van der Waals surface area contributed by atoms with Gasteiger partial charge in [-0.25, -0.2) is 0 Å². The number of aliphatic hydroxyl groups excluding tert-OH is 1. The molecule has 1 amide bonds. The van der Waals surface area contributed by atoms with Crippen molar-refractivity contribution in [3.63, 3.8) is 0 Å². The molecule has 1 unspecified atom stereocenters. The minimum atomic E-state index is -0.909. The Morgan fingerprint density at radius 1 is 1.12 bits per heavy atom. The van der Waals surface area contributed by atoms with E-state index < -0.39 is 17.7 Å². The number of ether oxygens (including phenoxy) is 3. The summed E-state index contributed by atoms with van der Waals surface area (Å²) in [5.74, 6) is -1.20. The van der Waals surface area contributed by atoms with Crippen LogP contribution in [0.5, 0.6) is 17.2 Å². The summed E-state index contributed by atoms with van der Waals surface area (Å²) in [6, 6.07) is 10.5. The van der Waals surface area contributed by atoms with Gasteiger partial charge in [0.15, 0.2) is 11.5 Å². The van der Waals surface area contributed by atoms with E-state index in [4.69, 9.17) is 14.2 Å². The number of ketones is 1. The summed E-state index contributed by atoms with van der Waals surface area (Å²) in [5, 5.41) is 21.5. The Balaban J connectivity index is 2.10. The zero-order valence-electron chi connectivity index (χ0n) is 19.9. The molecule has 182 valence electrons. The number of carbonyl (C=O) groups excluding carboxylic acids is 2. The average molecular weight is 470 g/mol.